The minimum atomic E-state index is -0.543. The van der Waals surface area contributed by atoms with Crippen molar-refractivity contribution in [2.45, 2.75) is 13.0 Å². The molecule has 0 aliphatic rings. The highest BCUT2D eigenvalue weighted by Gasteiger charge is 2.09. The lowest BCUT2D eigenvalue weighted by Crippen LogP contribution is -2.32. The zero-order chi connectivity index (χ0) is 10.8. The summed E-state index contributed by atoms with van der Waals surface area (Å²) in [7, 11) is 0. The Morgan fingerprint density at radius 1 is 1.53 bits per heavy atom. The van der Waals surface area contributed by atoms with Crippen molar-refractivity contribution in [3.8, 4) is 0 Å². The van der Waals surface area contributed by atoms with Crippen LogP contribution in [0.2, 0.25) is 0 Å². The van der Waals surface area contributed by atoms with Crippen molar-refractivity contribution in [1.82, 2.24) is 9.97 Å². The third-order valence-corrected chi connectivity index (χ3v) is 2.04. The number of hydrogen-bond acceptors (Lipinski definition) is 3. The van der Waals surface area contributed by atoms with Gasteiger partial charge in [0.05, 0.1) is 17.1 Å². The van der Waals surface area contributed by atoms with E-state index in [9.17, 15) is 4.79 Å². The number of nitrogens with one attached hydrogen (secondary N) is 2. The van der Waals surface area contributed by atoms with Crippen LogP contribution in [0.1, 0.15) is 6.92 Å². The molecule has 15 heavy (non-hydrogen) atoms. The lowest BCUT2D eigenvalue weighted by atomic mass is 10.3. The Hall–Kier alpha value is -1.88. The zero-order valence-electron chi connectivity index (χ0n) is 8.32. The SMILES string of the molecule is C[C@H](N)C(=O)Nc1nc2ccccc2[nH]1. The summed E-state index contributed by atoms with van der Waals surface area (Å²) in [6, 6.07) is 7.01. The van der Waals surface area contributed by atoms with Gasteiger partial charge in [0.2, 0.25) is 11.9 Å². The average molecular weight is 204 g/mol. The molecule has 78 valence electrons. The molecule has 0 radical (unpaired) electrons. The third kappa shape index (κ3) is 1.97. The van der Waals surface area contributed by atoms with Crippen molar-refractivity contribution >= 4 is 22.9 Å². The number of benzene rings is 1. The van der Waals surface area contributed by atoms with Crippen LogP contribution in [0.25, 0.3) is 11.0 Å². The fraction of sp³-hybridized carbons (Fsp3) is 0.200. The third-order valence-electron chi connectivity index (χ3n) is 2.04. The number of hydrogen-bond donors (Lipinski definition) is 3. The van der Waals surface area contributed by atoms with Gasteiger partial charge in [-0.1, -0.05) is 12.1 Å². The van der Waals surface area contributed by atoms with Crippen molar-refractivity contribution in [3.05, 3.63) is 24.3 Å². The normalized spacial score (nSPS) is 12.7. The largest absolute Gasteiger partial charge is 0.324 e. The highest BCUT2D eigenvalue weighted by molar-refractivity contribution is 5.94. The first kappa shape index (κ1) is 9.67. The van der Waals surface area contributed by atoms with Gasteiger partial charge < -0.3 is 10.7 Å². The lowest BCUT2D eigenvalue weighted by molar-refractivity contribution is -0.117. The summed E-state index contributed by atoms with van der Waals surface area (Å²) in [6.07, 6.45) is 0. The number of amides is 1. The molecule has 0 aliphatic carbocycles. The van der Waals surface area contributed by atoms with E-state index in [2.05, 4.69) is 15.3 Å². The van der Waals surface area contributed by atoms with Gasteiger partial charge in [-0.25, -0.2) is 4.98 Å². The Bertz CT molecular complexity index is 456. The molecule has 0 aliphatic heterocycles. The summed E-state index contributed by atoms with van der Waals surface area (Å²) in [5.41, 5.74) is 7.13. The number of nitrogens with two attached hydrogens (primary N) is 1. The van der Waals surface area contributed by atoms with Gasteiger partial charge in [-0.15, -0.1) is 0 Å². The molecule has 1 amide bonds. The minimum Gasteiger partial charge on any atom is -0.324 e. The average Bonchev–Trinajstić information content (AvgIpc) is 2.59. The fourth-order valence-corrected chi connectivity index (χ4v) is 1.24. The van der Waals surface area contributed by atoms with Crippen LogP contribution in [0, 0.1) is 0 Å². The Morgan fingerprint density at radius 3 is 2.93 bits per heavy atom. The van der Waals surface area contributed by atoms with E-state index in [-0.39, 0.29) is 5.91 Å². The molecule has 5 heteroatoms. The lowest BCUT2D eigenvalue weighted by Gasteiger charge is -2.03. The molecule has 1 atom stereocenters. The minimum absolute atomic E-state index is 0.256. The smallest absolute Gasteiger partial charge is 0.243 e. The van der Waals surface area contributed by atoms with Crippen LogP contribution < -0.4 is 11.1 Å². The molecule has 5 nitrogen and oxygen atoms in total. The van der Waals surface area contributed by atoms with Crippen molar-refractivity contribution < 1.29 is 4.79 Å². The molecule has 2 aromatic rings. The second-order valence-corrected chi connectivity index (χ2v) is 3.38. The van der Waals surface area contributed by atoms with Crippen molar-refractivity contribution in [2.75, 3.05) is 5.32 Å². The number of aromatic nitrogens is 2. The summed E-state index contributed by atoms with van der Waals surface area (Å²) in [4.78, 5) is 18.5. The molecule has 0 unspecified atom stereocenters. The van der Waals surface area contributed by atoms with Crippen LogP contribution >= 0.6 is 0 Å². The predicted molar refractivity (Wildman–Crippen MR) is 58.4 cm³/mol. The first-order valence-corrected chi connectivity index (χ1v) is 4.68. The number of aromatic amines is 1. The van der Waals surface area contributed by atoms with Crippen molar-refractivity contribution in [2.24, 2.45) is 5.73 Å². The van der Waals surface area contributed by atoms with Gasteiger partial charge in [0.1, 0.15) is 0 Å². The molecule has 1 heterocycles. The highest BCUT2D eigenvalue weighted by atomic mass is 16.2. The second-order valence-electron chi connectivity index (χ2n) is 3.38. The van der Waals surface area contributed by atoms with Crippen molar-refractivity contribution in [1.29, 1.82) is 0 Å². The molecule has 4 N–H and O–H groups in total. The topological polar surface area (TPSA) is 83.8 Å². The monoisotopic (exact) mass is 204 g/mol. The van der Waals surface area contributed by atoms with E-state index in [1.165, 1.54) is 0 Å². The van der Waals surface area contributed by atoms with Gasteiger partial charge >= 0.3 is 0 Å². The van der Waals surface area contributed by atoms with Gasteiger partial charge in [0, 0.05) is 0 Å². The van der Waals surface area contributed by atoms with Crippen LogP contribution in [0.4, 0.5) is 5.95 Å². The molecular formula is C10H12N4O. The summed E-state index contributed by atoms with van der Waals surface area (Å²) < 4.78 is 0. The number of rotatable bonds is 2. The van der Waals surface area contributed by atoms with E-state index in [4.69, 9.17) is 5.73 Å². The van der Waals surface area contributed by atoms with E-state index in [1.807, 2.05) is 24.3 Å². The number of fused-ring (bicyclic) bond motifs is 1. The molecule has 2 rings (SSSR count). The number of anilines is 1. The molecule has 1 aromatic carbocycles. The van der Waals surface area contributed by atoms with Gasteiger partial charge in [-0.3, -0.25) is 10.1 Å². The molecule has 0 bridgehead atoms. The maximum atomic E-state index is 11.3. The number of H-pyrrole nitrogens is 1. The van der Waals surface area contributed by atoms with E-state index >= 15 is 0 Å². The molecular weight excluding hydrogens is 192 g/mol. The Morgan fingerprint density at radius 2 is 2.27 bits per heavy atom. The van der Waals surface area contributed by atoms with Crippen LogP contribution in [0.15, 0.2) is 24.3 Å². The van der Waals surface area contributed by atoms with E-state index in [0.29, 0.717) is 5.95 Å². The standard InChI is InChI=1S/C10H12N4O/c1-6(11)9(15)14-10-12-7-4-2-3-5-8(7)13-10/h2-6H,11H2,1H3,(H2,12,13,14,15)/t6-/m0/s1. The Kier molecular flexibility index (Phi) is 2.39. The molecule has 0 fully saturated rings. The van der Waals surface area contributed by atoms with Crippen LogP contribution in [-0.2, 0) is 4.79 Å². The van der Waals surface area contributed by atoms with Gasteiger partial charge in [-0.05, 0) is 19.1 Å². The summed E-state index contributed by atoms with van der Waals surface area (Å²) in [5, 5.41) is 2.60. The number of imidazole rings is 1. The maximum absolute atomic E-state index is 11.3. The zero-order valence-corrected chi connectivity index (χ0v) is 8.32. The quantitative estimate of drug-likeness (QED) is 0.678. The summed E-state index contributed by atoms with van der Waals surface area (Å²) in [6.45, 7) is 1.62. The molecule has 0 spiro atoms. The predicted octanol–water partition coefficient (Wildman–Crippen LogP) is 0.849. The Labute approximate surface area is 86.7 Å². The Balaban J connectivity index is 2.26. The molecule has 0 saturated carbocycles. The molecule has 0 saturated heterocycles. The first-order chi connectivity index (χ1) is 7.16. The number of nitrogens with zero attached hydrogens (tertiary/aromatic N) is 1. The number of para-hydroxylation sites is 2. The van der Waals surface area contributed by atoms with E-state index in [0.717, 1.165) is 11.0 Å². The van der Waals surface area contributed by atoms with Gasteiger partial charge in [-0.2, -0.15) is 0 Å². The highest BCUT2D eigenvalue weighted by Crippen LogP contribution is 2.12. The van der Waals surface area contributed by atoms with Gasteiger partial charge in [0.25, 0.3) is 0 Å². The van der Waals surface area contributed by atoms with Crippen LogP contribution in [0.3, 0.4) is 0 Å². The number of carbonyl (C=O) groups excluding carboxylic acids is 1. The second kappa shape index (κ2) is 3.70. The van der Waals surface area contributed by atoms with Crippen LogP contribution in [0.5, 0.6) is 0 Å². The first-order valence-electron chi connectivity index (χ1n) is 4.68. The number of carbonyl (C=O) groups is 1. The van der Waals surface area contributed by atoms with Crippen molar-refractivity contribution in [3.63, 3.8) is 0 Å². The van der Waals surface area contributed by atoms with Crippen LogP contribution in [-0.4, -0.2) is 21.9 Å². The maximum Gasteiger partial charge on any atom is 0.243 e. The summed E-state index contributed by atoms with van der Waals surface area (Å²) in [5.74, 6) is 0.174. The van der Waals surface area contributed by atoms with E-state index < -0.39 is 6.04 Å². The summed E-state index contributed by atoms with van der Waals surface area (Å²) >= 11 is 0. The fourth-order valence-electron chi connectivity index (χ4n) is 1.24. The molecule has 1 aromatic heterocycles. The van der Waals surface area contributed by atoms with Gasteiger partial charge in [0.15, 0.2) is 0 Å². The van der Waals surface area contributed by atoms with E-state index in [1.54, 1.807) is 6.92 Å².